The molecule has 0 aromatic carbocycles. The summed E-state index contributed by atoms with van der Waals surface area (Å²) < 4.78 is 0. The Morgan fingerprint density at radius 1 is 1.38 bits per heavy atom. The lowest BCUT2D eigenvalue weighted by Gasteiger charge is -2.07. The average molecular weight is 168 g/mol. The fraction of sp³-hybridized carbons (Fsp3) is 1.00. The van der Waals surface area contributed by atoms with Crippen molar-refractivity contribution in [3.05, 3.63) is 0 Å². The van der Waals surface area contributed by atoms with Crippen LogP contribution in [0.25, 0.3) is 0 Å². The van der Waals surface area contributed by atoms with Gasteiger partial charge in [-0.2, -0.15) is 37.9 Å². The standard InChI is InChI=1S/C5H12S3/c1-4(7)2-5(8)3-6/h4-8H,2-3H2,1H3. The van der Waals surface area contributed by atoms with Crippen molar-refractivity contribution in [1.82, 2.24) is 0 Å². The van der Waals surface area contributed by atoms with Crippen LogP contribution in [-0.2, 0) is 0 Å². The maximum absolute atomic E-state index is 4.24. The normalized spacial score (nSPS) is 18.0. The zero-order valence-corrected chi connectivity index (χ0v) is 7.59. The molecule has 0 fully saturated rings. The molecule has 0 saturated heterocycles. The van der Waals surface area contributed by atoms with E-state index in [2.05, 4.69) is 44.8 Å². The lowest BCUT2D eigenvalue weighted by atomic mass is 10.3. The molecule has 8 heavy (non-hydrogen) atoms. The van der Waals surface area contributed by atoms with E-state index < -0.39 is 0 Å². The minimum absolute atomic E-state index is 0.408. The molecular formula is C5H12S3. The SMILES string of the molecule is CC(S)CC(S)CS. The molecule has 2 atom stereocenters. The van der Waals surface area contributed by atoms with Gasteiger partial charge in [0.05, 0.1) is 0 Å². The fourth-order valence-corrected chi connectivity index (χ4v) is 1.35. The molecule has 2 unspecified atom stereocenters. The van der Waals surface area contributed by atoms with Crippen molar-refractivity contribution in [2.45, 2.75) is 23.8 Å². The molecule has 0 rings (SSSR count). The van der Waals surface area contributed by atoms with Gasteiger partial charge in [0.2, 0.25) is 0 Å². The summed E-state index contributed by atoms with van der Waals surface area (Å²) in [7, 11) is 0. The zero-order valence-electron chi connectivity index (χ0n) is 4.91. The Hall–Kier alpha value is 1.05. The maximum Gasteiger partial charge on any atom is 0.0115 e. The molecule has 3 heteroatoms. The number of thiol groups is 3. The van der Waals surface area contributed by atoms with Crippen LogP contribution < -0.4 is 0 Å². The molecule has 0 N–H and O–H groups in total. The van der Waals surface area contributed by atoms with Crippen molar-refractivity contribution in [3.63, 3.8) is 0 Å². The van der Waals surface area contributed by atoms with Gasteiger partial charge in [0.25, 0.3) is 0 Å². The molecule has 0 amide bonds. The number of hydrogen-bond donors (Lipinski definition) is 3. The highest BCUT2D eigenvalue weighted by molar-refractivity contribution is 7.84. The van der Waals surface area contributed by atoms with Crippen molar-refractivity contribution >= 4 is 37.9 Å². The van der Waals surface area contributed by atoms with Crippen LogP contribution in [0.3, 0.4) is 0 Å². The molecule has 0 aromatic heterocycles. The summed E-state index contributed by atoms with van der Waals surface area (Å²) in [5.74, 6) is 0.841. The van der Waals surface area contributed by atoms with Gasteiger partial charge in [-0.05, 0) is 11.7 Å². The highest BCUT2D eigenvalue weighted by Crippen LogP contribution is 2.09. The van der Waals surface area contributed by atoms with E-state index in [1.165, 1.54) is 0 Å². The second-order valence-electron chi connectivity index (χ2n) is 1.92. The van der Waals surface area contributed by atoms with Crippen LogP contribution in [0.2, 0.25) is 0 Å². The third-order valence-electron chi connectivity index (χ3n) is 0.824. The molecule has 0 spiro atoms. The lowest BCUT2D eigenvalue weighted by molar-refractivity contribution is 0.820. The molecule has 0 heterocycles. The van der Waals surface area contributed by atoms with Gasteiger partial charge < -0.3 is 0 Å². The van der Waals surface area contributed by atoms with E-state index >= 15 is 0 Å². The van der Waals surface area contributed by atoms with Crippen LogP contribution in [0, 0.1) is 0 Å². The molecule has 0 aliphatic heterocycles. The Bertz CT molecular complexity index is 53.6. The Kier molecular flexibility index (Phi) is 5.53. The lowest BCUT2D eigenvalue weighted by Crippen LogP contribution is -2.06. The van der Waals surface area contributed by atoms with E-state index in [-0.39, 0.29) is 0 Å². The summed E-state index contributed by atoms with van der Waals surface area (Å²) in [6, 6.07) is 0. The van der Waals surface area contributed by atoms with Gasteiger partial charge in [0, 0.05) is 11.0 Å². The Morgan fingerprint density at radius 3 is 2.00 bits per heavy atom. The van der Waals surface area contributed by atoms with Gasteiger partial charge in [0.15, 0.2) is 0 Å². The molecule has 50 valence electrons. The zero-order chi connectivity index (χ0) is 6.57. The van der Waals surface area contributed by atoms with Crippen LogP contribution in [0.5, 0.6) is 0 Å². The van der Waals surface area contributed by atoms with Gasteiger partial charge in [-0.25, -0.2) is 0 Å². The third-order valence-corrected chi connectivity index (χ3v) is 2.16. The second-order valence-corrected chi connectivity index (χ2v) is 3.90. The quantitative estimate of drug-likeness (QED) is 0.527. The van der Waals surface area contributed by atoms with Crippen molar-refractivity contribution in [3.8, 4) is 0 Å². The van der Waals surface area contributed by atoms with Crippen LogP contribution in [0.1, 0.15) is 13.3 Å². The minimum Gasteiger partial charge on any atom is -0.178 e. The fourth-order valence-electron chi connectivity index (χ4n) is 0.468. The van der Waals surface area contributed by atoms with Crippen LogP contribution in [-0.4, -0.2) is 16.3 Å². The van der Waals surface area contributed by atoms with Crippen molar-refractivity contribution < 1.29 is 0 Å². The van der Waals surface area contributed by atoms with Crippen LogP contribution >= 0.6 is 37.9 Å². The summed E-state index contributed by atoms with van der Waals surface area (Å²) >= 11 is 12.5. The van der Waals surface area contributed by atoms with E-state index in [9.17, 15) is 0 Å². The summed E-state index contributed by atoms with van der Waals surface area (Å²) in [4.78, 5) is 0. The second kappa shape index (κ2) is 4.89. The highest BCUT2D eigenvalue weighted by atomic mass is 32.1. The van der Waals surface area contributed by atoms with E-state index in [1.54, 1.807) is 0 Å². The van der Waals surface area contributed by atoms with Gasteiger partial charge >= 0.3 is 0 Å². The van der Waals surface area contributed by atoms with E-state index in [1.807, 2.05) is 0 Å². The first-order valence-corrected chi connectivity index (χ1v) is 4.30. The molecule has 0 nitrogen and oxygen atoms in total. The Balaban J connectivity index is 3.10. The molecule has 0 aromatic rings. The topological polar surface area (TPSA) is 0 Å². The van der Waals surface area contributed by atoms with E-state index in [4.69, 9.17) is 0 Å². The Morgan fingerprint density at radius 2 is 1.88 bits per heavy atom. The van der Waals surface area contributed by atoms with Crippen molar-refractivity contribution in [2.24, 2.45) is 0 Å². The number of hydrogen-bond acceptors (Lipinski definition) is 3. The summed E-state index contributed by atoms with van der Waals surface area (Å²) in [5.41, 5.74) is 0. The maximum atomic E-state index is 4.24. The predicted molar refractivity (Wildman–Crippen MR) is 49.7 cm³/mol. The van der Waals surface area contributed by atoms with Gasteiger partial charge in [0.1, 0.15) is 0 Å². The number of rotatable bonds is 3. The molecule has 0 saturated carbocycles. The predicted octanol–water partition coefficient (Wildman–Crippen LogP) is 1.92. The minimum atomic E-state index is 0.408. The third kappa shape index (κ3) is 5.19. The average Bonchev–Trinajstić information content (AvgIpc) is 1.65. The van der Waals surface area contributed by atoms with Gasteiger partial charge in [-0.1, -0.05) is 6.92 Å². The molecule has 0 bridgehead atoms. The molecule has 0 aliphatic carbocycles. The van der Waals surface area contributed by atoms with Gasteiger partial charge in [-0.3, -0.25) is 0 Å². The largest absolute Gasteiger partial charge is 0.178 e. The summed E-state index contributed by atoms with van der Waals surface area (Å²) in [6.45, 7) is 2.07. The van der Waals surface area contributed by atoms with Crippen LogP contribution in [0.4, 0.5) is 0 Å². The molecular weight excluding hydrogens is 156 g/mol. The summed E-state index contributed by atoms with van der Waals surface area (Å²) in [5, 5.41) is 0.857. The molecule has 0 radical (unpaired) electrons. The van der Waals surface area contributed by atoms with Crippen LogP contribution in [0.15, 0.2) is 0 Å². The summed E-state index contributed by atoms with van der Waals surface area (Å²) in [6.07, 6.45) is 1.04. The first-order chi connectivity index (χ1) is 3.66. The van der Waals surface area contributed by atoms with Crippen molar-refractivity contribution in [1.29, 1.82) is 0 Å². The van der Waals surface area contributed by atoms with Crippen molar-refractivity contribution in [2.75, 3.05) is 5.75 Å². The Labute approximate surface area is 67.7 Å². The highest BCUT2D eigenvalue weighted by Gasteiger charge is 2.02. The van der Waals surface area contributed by atoms with Gasteiger partial charge in [-0.15, -0.1) is 0 Å². The van der Waals surface area contributed by atoms with E-state index in [0.29, 0.717) is 10.5 Å². The molecule has 0 aliphatic rings. The van der Waals surface area contributed by atoms with E-state index in [0.717, 1.165) is 12.2 Å². The monoisotopic (exact) mass is 168 g/mol. The first-order valence-electron chi connectivity index (χ1n) is 2.63. The smallest absolute Gasteiger partial charge is 0.0115 e. The first kappa shape index (κ1) is 9.05.